The highest BCUT2D eigenvalue weighted by molar-refractivity contribution is 5.84. The molecule has 2 unspecified atom stereocenters. The van der Waals surface area contributed by atoms with Crippen molar-refractivity contribution >= 4 is 11.8 Å². The van der Waals surface area contributed by atoms with Crippen LogP contribution in [0, 0.1) is 28.1 Å². The van der Waals surface area contributed by atoms with Crippen LogP contribution in [-0.2, 0) is 14.3 Å². The predicted octanol–water partition coefficient (Wildman–Crippen LogP) is 3.76. The average molecular weight is 405 g/mol. The van der Waals surface area contributed by atoms with E-state index in [2.05, 4.69) is 24.1 Å². The van der Waals surface area contributed by atoms with E-state index in [4.69, 9.17) is 4.74 Å². The molecule has 2 atom stereocenters. The number of likely N-dealkylation sites (tertiary alicyclic amines) is 1. The van der Waals surface area contributed by atoms with Crippen LogP contribution in [0.15, 0.2) is 0 Å². The largest absolute Gasteiger partial charge is 0.382 e. The maximum Gasteiger partial charge on any atom is 0.228 e. The Morgan fingerprint density at radius 1 is 1.03 bits per heavy atom. The molecule has 1 heterocycles. The first-order valence-corrected chi connectivity index (χ1v) is 11.9. The number of rotatable bonds is 7. The van der Waals surface area contributed by atoms with Crippen molar-refractivity contribution in [3.8, 4) is 0 Å². The predicted molar refractivity (Wildman–Crippen MR) is 113 cm³/mol. The molecule has 4 bridgehead atoms. The minimum Gasteiger partial charge on any atom is -0.382 e. The van der Waals surface area contributed by atoms with Gasteiger partial charge < -0.3 is 15.0 Å². The molecule has 5 nitrogen and oxygen atoms in total. The van der Waals surface area contributed by atoms with Crippen molar-refractivity contribution in [2.24, 2.45) is 28.1 Å². The second kappa shape index (κ2) is 7.86. The van der Waals surface area contributed by atoms with Gasteiger partial charge in [-0.3, -0.25) is 9.59 Å². The van der Waals surface area contributed by atoms with Gasteiger partial charge in [0.05, 0.1) is 5.41 Å². The molecule has 1 saturated heterocycles. The summed E-state index contributed by atoms with van der Waals surface area (Å²) in [6, 6.07) is 0. The summed E-state index contributed by atoms with van der Waals surface area (Å²) in [5.74, 6) is 1.36. The van der Waals surface area contributed by atoms with E-state index >= 15 is 0 Å². The third kappa shape index (κ3) is 4.22. The molecular weight excluding hydrogens is 364 g/mol. The van der Waals surface area contributed by atoms with Gasteiger partial charge in [0.25, 0.3) is 0 Å². The van der Waals surface area contributed by atoms with Crippen molar-refractivity contribution in [2.45, 2.75) is 78.6 Å². The minimum atomic E-state index is -0.114. The van der Waals surface area contributed by atoms with E-state index < -0.39 is 0 Å². The molecule has 0 spiro atoms. The van der Waals surface area contributed by atoms with Crippen LogP contribution in [-0.4, -0.2) is 49.6 Å². The lowest BCUT2D eigenvalue weighted by Crippen LogP contribution is -2.61. The standard InChI is InChI=1S/C24H40N2O3/c1-4-29-11-5-8-25-20(27)19-6-9-26(10-7-19)21(28)24-14-18-12-22(2,16-24)15-23(3,13-18)17-24/h18-19H,4-17H2,1-3H3,(H,25,27). The van der Waals surface area contributed by atoms with E-state index in [1.165, 1.54) is 19.3 Å². The molecule has 0 aromatic carbocycles. The molecule has 4 saturated carbocycles. The Hall–Kier alpha value is -1.10. The third-order valence-corrected chi connectivity index (χ3v) is 8.20. The first kappa shape index (κ1) is 21.1. The fraction of sp³-hybridized carbons (Fsp3) is 0.917. The molecule has 0 aromatic rings. The molecule has 5 fully saturated rings. The summed E-state index contributed by atoms with van der Waals surface area (Å²) in [5, 5.41) is 3.05. The highest BCUT2D eigenvalue weighted by Gasteiger charge is 2.63. The van der Waals surface area contributed by atoms with Crippen molar-refractivity contribution in [2.75, 3.05) is 32.8 Å². The highest BCUT2D eigenvalue weighted by Crippen LogP contribution is 2.69. The lowest BCUT2D eigenvalue weighted by atomic mass is 9.40. The van der Waals surface area contributed by atoms with Gasteiger partial charge in [-0.2, -0.15) is 0 Å². The van der Waals surface area contributed by atoms with E-state index in [-0.39, 0.29) is 17.2 Å². The Balaban J connectivity index is 1.30. The number of ether oxygens (including phenoxy) is 1. The maximum atomic E-state index is 13.7. The van der Waals surface area contributed by atoms with Gasteiger partial charge >= 0.3 is 0 Å². The molecular formula is C24H40N2O3. The molecule has 5 heteroatoms. The van der Waals surface area contributed by atoms with Crippen LogP contribution >= 0.6 is 0 Å². The summed E-state index contributed by atoms with van der Waals surface area (Å²) in [7, 11) is 0. The van der Waals surface area contributed by atoms with Gasteiger partial charge in [0.15, 0.2) is 0 Å². The fourth-order valence-corrected chi connectivity index (χ4v) is 8.04. The Kier molecular flexibility index (Phi) is 5.73. The lowest BCUT2D eigenvalue weighted by molar-refractivity contribution is -0.180. The molecule has 1 aliphatic heterocycles. The second-order valence-electron chi connectivity index (χ2n) is 11.3. The van der Waals surface area contributed by atoms with Crippen molar-refractivity contribution in [1.29, 1.82) is 0 Å². The van der Waals surface area contributed by atoms with Gasteiger partial charge in [-0.1, -0.05) is 13.8 Å². The van der Waals surface area contributed by atoms with Gasteiger partial charge in [-0.25, -0.2) is 0 Å². The molecule has 0 aromatic heterocycles. The van der Waals surface area contributed by atoms with E-state index in [9.17, 15) is 9.59 Å². The van der Waals surface area contributed by atoms with Gasteiger partial charge in [0.1, 0.15) is 0 Å². The summed E-state index contributed by atoms with van der Waals surface area (Å²) in [6.07, 6.45) is 9.70. The molecule has 5 aliphatic rings. The number of piperidine rings is 1. The SMILES string of the molecule is CCOCCCNC(=O)C1CCN(C(=O)C23CC4CC(C)(CC(C)(C4)C2)C3)CC1. The molecule has 164 valence electrons. The topological polar surface area (TPSA) is 58.6 Å². The summed E-state index contributed by atoms with van der Waals surface area (Å²) < 4.78 is 5.32. The third-order valence-electron chi connectivity index (χ3n) is 8.20. The van der Waals surface area contributed by atoms with E-state index in [0.717, 1.165) is 64.1 Å². The number of hydrogen-bond donors (Lipinski definition) is 1. The highest BCUT2D eigenvalue weighted by atomic mass is 16.5. The number of amides is 2. The Bertz CT molecular complexity index is 622. The fourth-order valence-electron chi connectivity index (χ4n) is 8.04. The van der Waals surface area contributed by atoms with Crippen molar-refractivity contribution in [3.05, 3.63) is 0 Å². The van der Waals surface area contributed by atoms with Crippen LogP contribution in [0.25, 0.3) is 0 Å². The first-order valence-electron chi connectivity index (χ1n) is 11.9. The number of nitrogens with zero attached hydrogens (tertiary/aromatic N) is 1. The molecule has 2 amide bonds. The number of hydrogen-bond acceptors (Lipinski definition) is 3. The summed E-state index contributed by atoms with van der Waals surface area (Å²) in [5.41, 5.74) is 0.615. The Morgan fingerprint density at radius 3 is 2.28 bits per heavy atom. The van der Waals surface area contributed by atoms with Crippen molar-refractivity contribution < 1.29 is 14.3 Å². The summed E-state index contributed by atoms with van der Waals surface area (Å²) in [4.78, 5) is 28.3. The monoisotopic (exact) mass is 404 g/mol. The zero-order valence-electron chi connectivity index (χ0n) is 18.7. The second-order valence-corrected chi connectivity index (χ2v) is 11.3. The number of carbonyl (C=O) groups excluding carboxylic acids is 2. The zero-order valence-corrected chi connectivity index (χ0v) is 18.7. The average Bonchev–Trinajstić information content (AvgIpc) is 2.64. The van der Waals surface area contributed by atoms with Crippen LogP contribution in [0.3, 0.4) is 0 Å². The molecule has 5 rings (SSSR count). The quantitative estimate of drug-likeness (QED) is 0.657. The van der Waals surface area contributed by atoms with Gasteiger partial charge in [-0.15, -0.1) is 0 Å². The first-order chi connectivity index (χ1) is 13.8. The molecule has 4 aliphatic carbocycles. The van der Waals surface area contributed by atoms with Crippen molar-refractivity contribution in [1.82, 2.24) is 10.2 Å². The van der Waals surface area contributed by atoms with Crippen LogP contribution in [0.5, 0.6) is 0 Å². The molecule has 29 heavy (non-hydrogen) atoms. The number of carbonyl (C=O) groups is 2. The minimum absolute atomic E-state index is 0.0533. The maximum absolute atomic E-state index is 13.7. The summed E-state index contributed by atoms with van der Waals surface area (Å²) >= 11 is 0. The normalized spacial score (nSPS) is 39.0. The number of nitrogens with one attached hydrogen (secondary N) is 1. The van der Waals surface area contributed by atoms with Crippen LogP contribution in [0.2, 0.25) is 0 Å². The van der Waals surface area contributed by atoms with E-state index in [1.54, 1.807) is 0 Å². The Morgan fingerprint density at radius 2 is 1.69 bits per heavy atom. The van der Waals surface area contributed by atoms with Gasteiger partial charge in [0.2, 0.25) is 11.8 Å². The van der Waals surface area contributed by atoms with E-state index in [0.29, 0.717) is 29.9 Å². The smallest absolute Gasteiger partial charge is 0.228 e. The summed E-state index contributed by atoms with van der Waals surface area (Å²) in [6.45, 7) is 10.4. The van der Waals surface area contributed by atoms with Crippen LogP contribution in [0.4, 0.5) is 0 Å². The zero-order chi connectivity index (χ0) is 20.7. The molecule has 1 N–H and O–H groups in total. The lowest BCUT2D eigenvalue weighted by Gasteiger charge is -2.65. The van der Waals surface area contributed by atoms with E-state index in [1.807, 2.05) is 6.92 Å². The van der Waals surface area contributed by atoms with Crippen molar-refractivity contribution in [3.63, 3.8) is 0 Å². The van der Waals surface area contributed by atoms with Gasteiger partial charge in [0, 0.05) is 38.8 Å². The van der Waals surface area contributed by atoms with Crippen LogP contribution < -0.4 is 5.32 Å². The molecule has 0 radical (unpaired) electrons. The van der Waals surface area contributed by atoms with Gasteiger partial charge in [-0.05, 0) is 81.5 Å². The van der Waals surface area contributed by atoms with Crippen LogP contribution in [0.1, 0.15) is 78.6 Å². The Labute approximate surface area is 176 Å².